The molecule has 0 radical (unpaired) electrons. The maximum absolute atomic E-state index is 14.2. The lowest BCUT2D eigenvalue weighted by atomic mass is 9.90. The fourth-order valence-electron chi connectivity index (χ4n) is 2.48. The Morgan fingerprint density at radius 2 is 2.21 bits per heavy atom. The molecule has 0 heterocycles. The van der Waals surface area contributed by atoms with Crippen molar-refractivity contribution in [1.29, 1.82) is 0 Å². The summed E-state index contributed by atoms with van der Waals surface area (Å²) in [6, 6.07) is 5.52. The number of halogens is 1. The summed E-state index contributed by atoms with van der Waals surface area (Å²) in [5.41, 5.74) is 7.23. The highest BCUT2D eigenvalue weighted by Gasteiger charge is 2.26. The Labute approximate surface area is 114 Å². The SMILES string of the molecule is C[C@H](N)c1ccc(N(CCCO)C2CCC2)c(F)c1. The molecule has 19 heavy (non-hydrogen) atoms. The van der Waals surface area contributed by atoms with Crippen LogP contribution < -0.4 is 10.6 Å². The van der Waals surface area contributed by atoms with Gasteiger partial charge in [-0.3, -0.25) is 0 Å². The lowest BCUT2D eigenvalue weighted by molar-refractivity contribution is 0.282. The zero-order valence-corrected chi connectivity index (χ0v) is 11.5. The van der Waals surface area contributed by atoms with Gasteiger partial charge in [0.25, 0.3) is 0 Å². The molecule has 3 N–H and O–H groups in total. The standard InChI is InChI=1S/C15H23FN2O/c1-11(17)12-6-7-15(14(16)10-12)18(8-3-9-19)13-4-2-5-13/h6-7,10-11,13,19H,2-5,8-9,17H2,1H3/t11-/m0/s1. The van der Waals surface area contributed by atoms with Crippen LogP contribution in [0.2, 0.25) is 0 Å². The van der Waals surface area contributed by atoms with Gasteiger partial charge in [0, 0.05) is 25.2 Å². The average Bonchev–Trinajstić information content (AvgIpc) is 2.32. The molecular weight excluding hydrogens is 243 g/mol. The molecular formula is C15H23FN2O. The first kappa shape index (κ1) is 14.3. The molecule has 1 aromatic rings. The third-order valence-electron chi connectivity index (χ3n) is 3.88. The van der Waals surface area contributed by atoms with E-state index in [2.05, 4.69) is 4.90 Å². The van der Waals surface area contributed by atoms with Crippen LogP contribution in [-0.2, 0) is 0 Å². The van der Waals surface area contributed by atoms with Crippen molar-refractivity contribution in [3.8, 4) is 0 Å². The van der Waals surface area contributed by atoms with E-state index >= 15 is 0 Å². The van der Waals surface area contributed by atoms with E-state index < -0.39 is 0 Å². The zero-order valence-electron chi connectivity index (χ0n) is 11.5. The fourth-order valence-corrected chi connectivity index (χ4v) is 2.48. The van der Waals surface area contributed by atoms with Gasteiger partial charge in [0.15, 0.2) is 0 Å². The van der Waals surface area contributed by atoms with Gasteiger partial charge >= 0.3 is 0 Å². The summed E-state index contributed by atoms with van der Waals surface area (Å²) in [6.07, 6.45) is 4.10. The van der Waals surface area contributed by atoms with Crippen molar-refractivity contribution in [2.45, 2.75) is 44.7 Å². The van der Waals surface area contributed by atoms with Crippen LogP contribution in [0.4, 0.5) is 10.1 Å². The summed E-state index contributed by atoms with van der Waals surface area (Å²) >= 11 is 0. The van der Waals surface area contributed by atoms with Gasteiger partial charge in [0.1, 0.15) is 5.82 Å². The van der Waals surface area contributed by atoms with Gasteiger partial charge in [0.05, 0.1) is 5.69 Å². The third-order valence-corrected chi connectivity index (χ3v) is 3.88. The van der Waals surface area contributed by atoms with Gasteiger partial charge in [-0.25, -0.2) is 4.39 Å². The van der Waals surface area contributed by atoms with Gasteiger partial charge in [-0.1, -0.05) is 6.07 Å². The van der Waals surface area contributed by atoms with Crippen LogP contribution in [0.25, 0.3) is 0 Å². The Morgan fingerprint density at radius 3 is 2.68 bits per heavy atom. The second kappa shape index (κ2) is 6.35. The van der Waals surface area contributed by atoms with E-state index in [0.29, 0.717) is 24.7 Å². The molecule has 1 saturated carbocycles. The highest BCUT2D eigenvalue weighted by molar-refractivity contribution is 5.51. The van der Waals surface area contributed by atoms with Gasteiger partial charge in [-0.2, -0.15) is 0 Å². The molecule has 106 valence electrons. The second-order valence-corrected chi connectivity index (χ2v) is 5.35. The largest absolute Gasteiger partial charge is 0.396 e. The van der Waals surface area contributed by atoms with Crippen LogP contribution in [0, 0.1) is 5.82 Å². The van der Waals surface area contributed by atoms with E-state index in [0.717, 1.165) is 18.4 Å². The summed E-state index contributed by atoms with van der Waals surface area (Å²) in [5, 5.41) is 8.98. The molecule has 4 heteroatoms. The number of hydrogen-bond acceptors (Lipinski definition) is 3. The molecule has 0 unspecified atom stereocenters. The fraction of sp³-hybridized carbons (Fsp3) is 0.600. The third kappa shape index (κ3) is 3.25. The number of hydrogen-bond donors (Lipinski definition) is 2. The predicted octanol–water partition coefficient (Wildman–Crippen LogP) is 2.59. The van der Waals surface area contributed by atoms with Crippen molar-refractivity contribution >= 4 is 5.69 Å². The summed E-state index contributed by atoms with van der Waals surface area (Å²) in [7, 11) is 0. The second-order valence-electron chi connectivity index (χ2n) is 5.35. The minimum atomic E-state index is -0.209. The Morgan fingerprint density at radius 1 is 1.47 bits per heavy atom. The van der Waals surface area contributed by atoms with Gasteiger partial charge in [-0.15, -0.1) is 0 Å². The predicted molar refractivity (Wildman–Crippen MR) is 75.7 cm³/mol. The lowest BCUT2D eigenvalue weighted by Crippen LogP contribution is -2.41. The molecule has 0 amide bonds. The summed E-state index contributed by atoms with van der Waals surface area (Å²) in [5.74, 6) is -0.209. The van der Waals surface area contributed by atoms with Gasteiger partial charge < -0.3 is 15.7 Å². The molecule has 1 aromatic carbocycles. The molecule has 1 aliphatic rings. The van der Waals surface area contributed by atoms with Crippen LogP contribution >= 0.6 is 0 Å². The molecule has 0 aromatic heterocycles. The number of rotatable bonds is 6. The maximum atomic E-state index is 14.2. The van der Waals surface area contributed by atoms with E-state index in [-0.39, 0.29) is 18.5 Å². The molecule has 0 aliphatic heterocycles. The molecule has 3 nitrogen and oxygen atoms in total. The minimum Gasteiger partial charge on any atom is -0.396 e. The molecule has 0 spiro atoms. The molecule has 0 saturated heterocycles. The first-order chi connectivity index (χ1) is 9.13. The van der Waals surface area contributed by atoms with Crippen LogP contribution in [0.3, 0.4) is 0 Å². The Kier molecular flexibility index (Phi) is 4.77. The summed E-state index contributed by atoms with van der Waals surface area (Å²) in [4.78, 5) is 2.10. The number of benzene rings is 1. The smallest absolute Gasteiger partial charge is 0.146 e. The molecule has 1 aliphatic carbocycles. The van der Waals surface area contributed by atoms with E-state index in [1.807, 2.05) is 19.1 Å². The van der Waals surface area contributed by atoms with Crippen LogP contribution in [0.5, 0.6) is 0 Å². The Balaban J connectivity index is 2.20. The van der Waals surface area contributed by atoms with Crippen LogP contribution in [0.1, 0.15) is 44.2 Å². The number of aliphatic hydroxyl groups excluding tert-OH is 1. The van der Waals surface area contributed by atoms with Crippen molar-refractivity contribution in [3.63, 3.8) is 0 Å². The number of anilines is 1. The quantitative estimate of drug-likeness (QED) is 0.832. The van der Waals surface area contributed by atoms with Gasteiger partial charge in [0.2, 0.25) is 0 Å². The van der Waals surface area contributed by atoms with E-state index in [9.17, 15) is 4.39 Å². The Hall–Kier alpha value is -1.13. The normalized spacial score (nSPS) is 17.1. The zero-order chi connectivity index (χ0) is 13.8. The maximum Gasteiger partial charge on any atom is 0.146 e. The van der Waals surface area contributed by atoms with Crippen molar-refractivity contribution in [1.82, 2.24) is 0 Å². The van der Waals surface area contributed by atoms with Crippen molar-refractivity contribution in [2.75, 3.05) is 18.1 Å². The topological polar surface area (TPSA) is 49.5 Å². The molecule has 1 atom stereocenters. The van der Waals surface area contributed by atoms with Crippen LogP contribution in [0.15, 0.2) is 18.2 Å². The molecule has 2 rings (SSSR count). The monoisotopic (exact) mass is 266 g/mol. The molecule has 0 bridgehead atoms. The van der Waals surface area contributed by atoms with Crippen LogP contribution in [-0.4, -0.2) is 24.3 Å². The van der Waals surface area contributed by atoms with E-state index in [1.54, 1.807) is 0 Å². The number of nitrogens with zero attached hydrogens (tertiary/aromatic N) is 1. The van der Waals surface area contributed by atoms with E-state index in [1.165, 1.54) is 12.5 Å². The summed E-state index contributed by atoms with van der Waals surface area (Å²) < 4.78 is 14.2. The Bertz CT molecular complexity index is 419. The van der Waals surface area contributed by atoms with Crippen molar-refractivity contribution < 1.29 is 9.50 Å². The highest BCUT2D eigenvalue weighted by Crippen LogP contribution is 2.32. The molecule has 1 fully saturated rings. The van der Waals surface area contributed by atoms with E-state index in [4.69, 9.17) is 10.8 Å². The first-order valence-electron chi connectivity index (χ1n) is 7.06. The highest BCUT2D eigenvalue weighted by atomic mass is 19.1. The van der Waals surface area contributed by atoms with Gasteiger partial charge in [-0.05, 0) is 50.3 Å². The summed E-state index contributed by atoms with van der Waals surface area (Å²) in [6.45, 7) is 2.70. The first-order valence-corrected chi connectivity index (χ1v) is 7.06. The average molecular weight is 266 g/mol. The minimum absolute atomic E-state index is 0.142. The number of aliphatic hydroxyl groups is 1. The number of nitrogens with two attached hydrogens (primary N) is 1. The van der Waals surface area contributed by atoms with Crippen molar-refractivity contribution in [3.05, 3.63) is 29.6 Å². The lowest BCUT2D eigenvalue weighted by Gasteiger charge is -2.39. The van der Waals surface area contributed by atoms with Crippen molar-refractivity contribution in [2.24, 2.45) is 5.73 Å².